The highest BCUT2D eigenvalue weighted by atomic mass is 32.2. The molecule has 0 aliphatic heterocycles. The lowest BCUT2D eigenvalue weighted by Crippen LogP contribution is -2.33. The van der Waals surface area contributed by atoms with Gasteiger partial charge in [-0.25, -0.2) is 8.42 Å². The molecule has 0 aromatic rings. The minimum atomic E-state index is -3.24. The van der Waals surface area contributed by atoms with Crippen molar-refractivity contribution in [1.82, 2.24) is 10.6 Å². The summed E-state index contributed by atoms with van der Waals surface area (Å²) >= 11 is 0. The molecule has 1 fully saturated rings. The molecule has 1 aliphatic rings. The van der Waals surface area contributed by atoms with Gasteiger partial charge in [-0.15, -0.1) is 0 Å². The summed E-state index contributed by atoms with van der Waals surface area (Å²) in [6.45, 7) is 2.01. The van der Waals surface area contributed by atoms with Gasteiger partial charge in [-0.3, -0.25) is 4.79 Å². The molecule has 1 amide bonds. The summed E-state index contributed by atoms with van der Waals surface area (Å²) in [5, 5.41) is 5.74. The second kappa shape index (κ2) is 6.35. The lowest BCUT2D eigenvalue weighted by Gasteiger charge is -2.09. The van der Waals surface area contributed by atoms with Crippen LogP contribution in [0.15, 0.2) is 0 Å². The van der Waals surface area contributed by atoms with E-state index in [-0.39, 0.29) is 23.5 Å². The lowest BCUT2D eigenvalue weighted by atomic mass is 10.2. The highest BCUT2D eigenvalue weighted by Gasteiger charge is 2.25. The Morgan fingerprint density at radius 1 is 1.41 bits per heavy atom. The second-order valence-corrected chi connectivity index (χ2v) is 6.95. The summed E-state index contributed by atoms with van der Waals surface area (Å²) in [7, 11) is -1.39. The second-order valence-electron chi connectivity index (χ2n) is 4.77. The molecule has 0 spiro atoms. The maximum absolute atomic E-state index is 11.6. The third-order valence-corrected chi connectivity index (χ3v) is 4.49. The molecule has 1 saturated carbocycles. The number of sulfone groups is 1. The van der Waals surface area contributed by atoms with Crippen molar-refractivity contribution in [2.24, 2.45) is 0 Å². The summed E-state index contributed by atoms with van der Waals surface area (Å²) in [4.78, 5) is 11.4. The van der Waals surface area contributed by atoms with Gasteiger partial charge in [0.25, 0.3) is 0 Å². The molecule has 1 unspecified atom stereocenters. The summed E-state index contributed by atoms with van der Waals surface area (Å²) < 4.78 is 23.3. The van der Waals surface area contributed by atoms with Crippen molar-refractivity contribution in [2.75, 3.05) is 18.6 Å². The van der Waals surface area contributed by atoms with Gasteiger partial charge >= 0.3 is 0 Å². The van der Waals surface area contributed by atoms with Crippen molar-refractivity contribution in [3.8, 4) is 0 Å². The molecule has 1 aliphatic carbocycles. The van der Waals surface area contributed by atoms with Crippen molar-refractivity contribution >= 4 is 15.7 Å². The molecule has 0 heterocycles. The highest BCUT2D eigenvalue weighted by molar-refractivity contribution is 7.92. The van der Waals surface area contributed by atoms with E-state index >= 15 is 0 Å². The standard InChI is InChI=1S/C11H22N2O3S/c1-9(12-2)4-3-7-17(15,16)8-11(14)13-10-5-6-10/h9-10,12H,3-8H2,1-2H3,(H,13,14). The summed E-state index contributed by atoms with van der Waals surface area (Å²) in [6, 6.07) is 0.535. The number of amides is 1. The first-order valence-electron chi connectivity index (χ1n) is 6.10. The van der Waals surface area contributed by atoms with Gasteiger partial charge in [-0.05, 0) is 39.7 Å². The third-order valence-electron chi connectivity index (χ3n) is 2.88. The van der Waals surface area contributed by atoms with Crippen LogP contribution in [0.1, 0.15) is 32.6 Å². The molecule has 100 valence electrons. The predicted molar refractivity (Wildman–Crippen MR) is 67.6 cm³/mol. The summed E-state index contributed by atoms with van der Waals surface area (Å²) in [5.74, 6) is -0.622. The minimum Gasteiger partial charge on any atom is -0.352 e. The molecule has 0 saturated heterocycles. The minimum absolute atomic E-state index is 0.0944. The maximum atomic E-state index is 11.6. The Bertz CT molecular complexity index is 350. The van der Waals surface area contributed by atoms with Crippen LogP contribution in [0.3, 0.4) is 0 Å². The van der Waals surface area contributed by atoms with E-state index < -0.39 is 9.84 Å². The van der Waals surface area contributed by atoms with Crippen LogP contribution in [-0.4, -0.2) is 45.0 Å². The Hall–Kier alpha value is -0.620. The maximum Gasteiger partial charge on any atom is 0.235 e. The fourth-order valence-electron chi connectivity index (χ4n) is 1.52. The van der Waals surface area contributed by atoms with Gasteiger partial charge in [0.05, 0.1) is 5.75 Å². The molecule has 0 radical (unpaired) electrons. The molecule has 0 aromatic heterocycles. The lowest BCUT2D eigenvalue weighted by molar-refractivity contribution is -0.118. The van der Waals surface area contributed by atoms with E-state index in [0.717, 1.165) is 19.3 Å². The van der Waals surface area contributed by atoms with Gasteiger partial charge in [0, 0.05) is 12.1 Å². The van der Waals surface area contributed by atoms with Gasteiger partial charge < -0.3 is 10.6 Å². The van der Waals surface area contributed by atoms with E-state index in [2.05, 4.69) is 10.6 Å². The molecule has 1 rings (SSSR count). The SMILES string of the molecule is CNC(C)CCCS(=O)(=O)CC(=O)NC1CC1. The van der Waals surface area contributed by atoms with Crippen LogP contribution >= 0.6 is 0 Å². The third kappa shape index (κ3) is 6.63. The summed E-state index contributed by atoms with van der Waals surface area (Å²) in [6.07, 6.45) is 3.36. The Balaban J connectivity index is 2.22. The molecular formula is C11H22N2O3S. The zero-order chi connectivity index (χ0) is 12.9. The zero-order valence-corrected chi connectivity index (χ0v) is 11.3. The van der Waals surface area contributed by atoms with Crippen LogP contribution in [0.2, 0.25) is 0 Å². The predicted octanol–water partition coefficient (Wildman–Crippen LogP) is 0.0679. The first kappa shape index (κ1) is 14.4. The first-order valence-corrected chi connectivity index (χ1v) is 7.92. The van der Waals surface area contributed by atoms with Gasteiger partial charge in [0.2, 0.25) is 5.91 Å². The van der Waals surface area contributed by atoms with E-state index in [0.29, 0.717) is 12.5 Å². The Morgan fingerprint density at radius 3 is 2.59 bits per heavy atom. The van der Waals surface area contributed by atoms with E-state index in [1.54, 1.807) is 0 Å². The molecule has 2 N–H and O–H groups in total. The molecule has 1 atom stereocenters. The zero-order valence-electron chi connectivity index (χ0n) is 10.5. The fraction of sp³-hybridized carbons (Fsp3) is 0.909. The fourth-order valence-corrected chi connectivity index (χ4v) is 2.76. The van der Waals surface area contributed by atoms with Gasteiger partial charge in [-0.1, -0.05) is 0 Å². The largest absolute Gasteiger partial charge is 0.352 e. The monoisotopic (exact) mass is 262 g/mol. The van der Waals surface area contributed by atoms with Crippen LogP contribution in [0.4, 0.5) is 0 Å². The Kier molecular flexibility index (Phi) is 5.39. The number of carbonyl (C=O) groups is 1. The molecule has 0 bridgehead atoms. The van der Waals surface area contributed by atoms with E-state index in [1.165, 1.54) is 0 Å². The van der Waals surface area contributed by atoms with E-state index in [9.17, 15) is 13.2 Å². The van der Waals surface area contributed by atoms with E-state index in [1.807, 2.05) is 14.0 Å². The van der Waals surface area contributed by atoms with Gasteiger partial charge in [0.1, 0.15) is 5.75 Å². The Morgan fingerprint density at radius 2 is 2.06 bits per heavy atom. The molecule has 5 nitrogen and oxygen atoms in total. The Labute approximate surface area is 103 Å². The highest BCUT2D eigenvalue weighted by Crippen LogP contribution is 2.18. The number of rotatable bonds is 8. The van der Waals surface area contributed by atoms with Crippen LogP contribution in [0.25, 0.3) is 0 Å². The topological polar surface area (TPSA) is 75.3 Å². The van der Waals surface area contributed by atoms with Gasteiger partial charge in [-0.2, -0.15) is 0 Å². The molecule has 17 heavy (non-hydrogen) atoms. The normalized spacial score (nSPS) is 17.8. The molecule has 6 heteroatoms. The average molecular weight is 262 g/mol. The van der Waals surface area contributed by atoms with Crippen LogP contribution in [-0.2, 0) is 14.6 Å². The van der Waals surface area contributed by atoms with Crippen molar-refractivity contribution in [1.29, 1.82) is 0 Å². The van der Waals surface area contributed by atoms with Crippen molar-refractivity contribution in [3.05, 3.63) is 0 Å². The number of carbonyl (C=O) groups excluding carboxylic acids is 1. The van der Waals surface area contributed by atoms with E-state index in [4.69, 9.17) is 0 Å². The molecular weight excluding hydrogens is 240 g/mol. The van der Waals surface area contributed by atoms with Gasteiger partial charge in [0.15, 0.2) is 9.84 Å². The van der Waals surface area contributed by atoms with Crippen molar-refractivity contribution in [2.45, 2.75) is 44.7 Å². The van der Waals surface area contributed by atoms with Crippen LogP contribution in [0, 0.1) is 0 Å². The number of nitrogens with one attached hydrogen (secondary N) is 2. The smallest absolute Gasteiger partial charge is 0.235 e. The van der Waals surface area contributed by atoms with Crippen molar-refractivity contribution in [3.63, 3.8) is 0 Å². The number of hydrogen-bond donors (Lipinski definition) is 2. The summed E-state index contributed by atoms with van der Waals surface area (Å²) in [5.41, 5.74) is 0. The molecule has 0 aromatic carbocycles. The average Bonchev–Trinajstić information content (AvgIpc) is 2.99. The van der Waals surface area contributed by atoms with Crippen LogP contribution in [0.5, 0.6) is 0 Å². The first-order chi connectivity index (χ1) is 7.93. The quantitative estimate of drug-likeness (QED) is 0.649. The number of hydrogen-bond acceptors (Lipinski definition) is 4. The van der Waals surface area contributed by atoms with Crippen LogP contribution < -0.4 is 10.6 Å². The van der Waals surface area contributed by atoms with Crippen molar-refractivity contribution < 1.29 is 13.2 Å².